The maximum absolute atomic E-state index is 13.4. The second kappa shape index (κ2) is 8.95. The number of aromatic nitrogens is 2. The average molecular weight is 475 g/mol. The van der Waals surface area contributed by atoms with E-state index in [0.29, 0.717) is 18.9 Å². The van der Waals surface area contributed by atoms with Crippen LogP contribution in [0.4, 0.5) is 0 Å². The van der Waals surface area contributed by atoms with Crippen LogP contribution in [-0.4, -0.2) is 64.1 Å². The van der Waals surface area contributed by atoms with Gasteiger partial charge in [-0.05, 0) is 74.0 Å². The summed E-state index contributed by atoms with van der Waals surface area (Å²) in [6.07, 6.45) is 8.61. The molecular formula is C28H34N4O3. The first kappa shape index (κ1) is 22.6. The molecule has 0 radical (unpaired) electrons. The van der Waals surface area contributed by atoms with E-state index in [1.54, 1.807) is 7.11 Å². The molecule has 2 aliphatic heterocycles. The number of aliphatic hydroxyl groups is 1. The normalized spacial score (nSPS) is 21.9. The Morgan fingerprint density at radius 3 is 2.77 bits per heavy atom. The van der Waals surface area contributed by atoms with Gasteiger partial charge in [0.15, 0.2) is 0 Å². The van der Waals surface area contributed by atoms with Crippen LogP contribution >= 0.6 is 0 Å². The fourth-order valence-corrected chi connectivity index (χ4v) is 6.25. The fraction of sp³-hybridized carbons (Fsp3) is 0.500. The van der Waals surface area contributed by atoms with Gasteiger partial charge in [0, 0.05) is 60.0 Å². The second-order valence-corrected chi connectivity index (χ2v) is 10.6. The number of carbonyl (C=O) groups excluding carboxylic acids is 1. The molecule has 1 spiro atoms. The molecule has 35 heavy (non-hydrogen) atoms. The van der Waals surface area contributed by atoms with E-state index >= 15 is 0 Å². The van der Waals surface area contributed by atoms with Gasteiger partial charge in [0.2, 0.25) is 5.91 Å². The molecule has 1 saturated heterocycles. The van der Waals surface area contributed by atoms with Crippen LogP contribution in [0.5, 0.6) is 5.75 Å². The fourth-order valence-electron chi connectivity index (χ4n) is 6.25. The van der Waals surface area contributed by atoms with Gasteiger partial charge < -0.3 is 19.7 Å². The van der Waals surface area contributed by atoms with Gasteiger partial charge in [-0.15, -0.1) is 0 Å². The minimum absolute atomic E-state index is 0.0728. The smallest absolute Gasteiger partial charge is 0.223 e. The summed E-state index contributed by atoms with van der Waals surface area (Å²) in [7, 11) is 1.68. The van der Waals surface area contributed by atoms with E-state index in [-0.39, 0.29) is 24.0 Å². The van der Waals surface area contributed by atoms with Crippen LogP contribution in [0, 0.1) is 5.92 Å². The number of likely N-dealkylation sites (tertiary alicyclic amines) is 1. The van der Waals surface area contributed by atoms with Crippen molar-refractivity contribution in [2.24, 2.45) is 5.92 Å². The van der Waals surface area contributed by atoms with E-state index in [0.717, 1.165) is 62.3 Å². The first-order chi connectivity index (χ1) is 17.1. The molecule has 2 fully saturated rings. The molecule has 1 aromatic carbocycles. The maximum Gasteiger partial charge on any atom is 0.223 e. The number of rotatable bonds is 6. The minimum Gasteiger partial charge on any atom is -0.497 e. The minimum atomic E-state index is -0.325. The van der Waals surface area contributed by atoms with Crippen molar-refractivity contribution in [1.82, 2.24) is 19.8 Å². The first-order valence-electron chi connectivity index (χ1n) is 12.8. The predicted molar refractivity (Wildman–Crippen MR) is 134 cm³/mol. The Balaban J connectivity index is 1.37. The number of H-pyrrole nitrogens is 1. The summed E-state index contributed by atoms with van der Waals surface area (Å²) in [5.41, 5.74) is 4.42. The summed E-state index contributed by atoms with van der Waals surface area (Å²) in [4.78, 5) is 25.8. The summed E-state index contributed by atoms with van der Waals surface area (Å²) in [5.74, 6) is 1.51. The number of aromatic amines is 1. The number of nitrogens with zero attached hydrogens (tertiary/aromatic N) is 3. The number of ether oxygens (including phenoxy) is 1. The van der Waals surface area contributed by atoms with Gasteiger partial charge in [0.05, 0.1) is 19.8 Å². The molecule has 0 unspecified atom stereocenters. The highest BCUT2D eigenvalue weighted by Gasteiger charge is 2.49. The maximum atomic E-state index is 13.4. The summed E-state index contributed by atoms with van der Waals surface area (Å²) < 4.78 is 5.48. The predicted octanol–water partition coefficient (Wildman–Crippen LogP) is 3.78. The van der Waals surface area contributed by atoms with Crippen LogP contribution in [0.1, 0.15) is 55.0 Å². The molecule has 1 amide bonds. The lowest BCUT2D eigenvalue weighted by molar-refractivity contribution is -0.137. The molecule has 7 heteroatoms. The number of carbonyl (C=O) groups is 1. The van der Waals surface area contributed by atoms with Crippen molar-refractivity contribution in [3.63, 3.8) is 0 Å². The van der Waals surface area contributed by atoms with Crippen molar-refractivity contribution < 1.29 is 14.6 Å². The van der Waals surface area contributed by atoms with E-state index in [9.17, 15) is 9.90 Å². The summed E-state index contributed by atoms with van der Waals surface area (Å²) in [5, 5.41) is 11.7. The number of piperidine rings is 1. The number of fused-ring (bicyclic) bond motifs is 4. The zero-order valence-electron chi connectivity index (χ0n) is 20.4. The molecule has 2 N–H and O–H groups in total. The zero-order chi connectivity index (χ0) is 24.0. The molecule has 1 atom stereocenters. The Morgan fingerprint density at radius 2 is 2.09 bits per heavy atom. The summed E-state index contributed by atoms with van der Waals surface area (Å²) >= 11 is 0. The van der Waals surface area contributed by atoms with Crippen LogP contribution in [0.15, 0.2) is 42.7 Å². The SMILES string of the molecule is COc1ccc2c3c([nH]c2c1)[C@@H](CO)N(C(=O)CC1CC1)CC31CCN(Cc2cccnc2)CC1. The number of aliphatic hydroxyl groups excluding tert-OH is 1. The monoisotopic (exact) mass is 474 g/mol. The third kappa shape index (κ3) is 4.10. The van der Waals surface area contributed by atoms with Gasteiger partial charge >= 0.3 is 0 Å². The van der Waals surface area contributed by atoms with E-state index in [1.807, 2.05) is 35.5 Å². The van der Waals surface area contributed by atoms with Gasteiger partial charge in [0.25, 0.3) is 0 Å². The highest BCUT2D eigenvalue weighted by Crippen LogP contribution is 2.49. The summed E-state index contributed by atoms with van der Waals surface area (Å²) in [6.45, 7) is 3.43. The van der Waals surface area contributed by atoms with Gasteiger partial charge in [0.1, 0.15) is 5.75 Å². The zero-order valence-corrected chi connectivity index (χ0v) is 20.4. The molecule has 4 heterocycles. The van der Waals surface area contributed by atoms with Gasteiger partial charge in [-0.2, -0.15) is 0 Å². The molecular weight excluding hydrogens is 440 g/mol. The third-order valence-corrected chi connectivity index (χ3v) is 8.34. The average Bonchev–Trinajstić information content (AvgIpc) is 3.62. The Labute approximate surface area is 206 Å². The van der Waals surface area contributed by atoms with E-state index in [4.69, 9.17) is 4.74 Å². The van der Waals surface area contributed by atoms with Crippen molar-refractivity contribution in [2.45, 2.75) is 50.1 Å². The van der Waals surface area contributed by atoms with Crippen molar-refractivity contribution in [3.05, 3.63) is 59.5 Å². The number of benzene rings is 1. The Bertz CT molecular complexity index is 1210. The quantitative estimate of drug-likeness (QED) is 0.568. The molecule has 3 aliphatic rings. The molecule has 1 saturated carbocycles. The first-order valence-corrected chi connectivity index (χ1v) is 12.8. The highest BCUT2D eigenvalue weighted by atomic mass is 16.5. The molecule has 3 aromatic rings. The molecule has 1 aliphatic carbocycles. The highest BCUT2D eigenvalue weighted by molar-refractivity contribution is 5.89. The lowest BCUT2D eigenvalue weighted by Gasteiger charge is -2.50. The lowest BCUT2D eigenvalue weighted by atomic mass is 9.68. The van der Waals surface area contributed by atoms with Gasteiger partial charge in [-0.1, -0.05) is 6.07 Å². The lowest BCUT2D eigenvalue weighted by Crippen LogP contribution is -2.55. The van der Waals surface area contributed by atoms with Crippen LogP contribution < -0.4 is 4.74 Å². The summed E-state index contributed by atoms with van der Waals surface area (Å²) in [6, 6.07) is 9.99. The molecule has 2 aromatic heterocycles. The van der Waals surface area contributed by atoms with Crippen molar-refractivity contribution >= 4 is 16.8 Å². The molecule has 184 valence electrons. The largest absolute Gasteiger partial charge is 0.497 e. The van der Waals surface area contributed by atoms with E-state index in [1.165, 1.54) is 16.5 Å². The van der Waals surface area contributed by atoms with Crippen LogP contribution in [0.3, 0.4) is 0 Å². The number of pyridine rings is 1. The number of amides is 1. The Kier molecular flexibility index (Phi) is 5.77. The third-order valence-electron chi connectivity index (χ3n) is 8.34. The van der Waals surface area contributed by atoms with Crippen molar-refractivity contribution in [3.8, 4) is 5.75 Å². The number of hydrogen-bond acceptors (Lipinski definition) is 5. The van der Waals surface area contributed by atoms with Gasteiger partial charge in [-0.25, -0.2) is 0 Å². The number of hydrogen-bond donors (Lipinski definition) is 2. The molecule has 0 bridgehead atoms. The number of methoxy groups -OCH3 is 1. The van der Waals surface area contributed by atoms with Crippen molar-refractivity contribution in [1.29, 1.82) is 0 Å². The number of nitrogens with one attached hydrogen (secondary N) is 1. The van der Waals surface area contributed by atoms with Crippen molar-refractivity contribution in [2.75, 3.05) is 33.4 Å². The van der Waals surface area contributed by atoms with Crippen LogP contribution in [-0.2, 0) is 16.8 Å². The second-order valence-electron chi connectivity index (χ2n) is 10.6. The van der Waals surface area contributed by atoms with Crippen LogP contribution in [0.25, 0.3) is 10.9 Å². The van der Waals surface area contributed by atoms with E-state index in [2.05, 4.69) is 27.0 Å². The van der Waals surface area contributed by atoms with Gasteiger partial charge in [-0.3, -0.25) is 14.7 Å². The topological polar surface area (TPSA) is 81.7 Å². The molecule has 7 nitrogen and oxygen atoms in total. The Hall–Kier alpha value is -2.90. The molecule has 6 rings (SSSR count). The van der Waals surface area contributed by atoms with E-state index < -0.39 is 0 Å². The van der Waals surface area contributed by atoms with Crippen LogP contribution in [0.2, 0.25) is 0 Å². The Morgan fingerprint density at radius 1 is 1.26 bits per heavy atom. The standard InChI is InChI=1S/C28H34N4O3/c1-35-21-6-7-22-23(14-21)30-27-24(17-33)32(25(34)13-19-4-5-19)18-28(26(22)27)8-11-31(12-9-28)16-20-3-2-10-29-15-20/h2-3,6-7,10,14-15,19,24,30,33H,4-5,8-9,11-13,16-18H2,1H3/t24-/m1/s1.